The molecule has 0 fully saturated rings. The van der Waals surface area contributed by atoms with Crippen molar-refractivity contribution in [3.05, 3.63) is 35.4 Å². The first-order chi connectivity index (χ1) is 8.52. The van der Waals surface area contributed by atoms with E-state index in [0.717, 1.165) is 12.8 Å². The molecular weight excluding hydrogens is 222 g/mol. The number of aliphatic hydroxyl groups excluding tert-OH is 1. The van der Waals surface area contributed by atoms with Crippen molar-refractivity contribution in [1.82, 2.24) is 5.32 Å². The van der Waals surface area contributed by atoms with Crippen LogP contribution in [0.15, 0.2) is 24.3 Å². The zero-order valence-corrected chi connectivity index (χ0v) is 12.1. The third-order valence-corrected chi connectivity index (χ3v) is 3.22. The lowest BCUT2D eigenvalue weighted by Crippen LogP contribution is -2.29. The number of aliphatic hydroxyl groups is 1. The summed E-state index contributed by atoms with van der Waals surface area (Å²) < 4.78 is 0. The van der Waals surface area contributed by atoms with Crippen molar-refractivity contribution in [1.29, 1.82) is 0 Å². The Morgan fingerprint density at radius 1 is 1.06 bits per heavy atom. The average Bonchev–Trinajstić information content (AvgIpc) is 2.29. The zero-order chi connectivity index (χ0) is 13.5. The van der Waals surface area contributed by atoms with Crippen molar-refractivity contribution in [3.63, 3.8) is 0 Å². The summed E-state index contributed by atoms with van der Waals surface area (Å²) in [6, 6.07) is 9.55. The van der Waals surface area contributed by atoms with Crippen LogP contribution in [-0.2, 0) is 6.42 Å². The molecule has 1 rings (SSSR count). The number of rotatable bonds is 7. The lowest BCUT2D eigenvalue weighted by molar-refractivity contribution is 0.264. The monoisotopic (exact) mass is 249 g/mol. The molecule has 0 bridgehead atoms. The Bertz CT molecular complexity index is 331. The van der Waals surface area contributed by atoms with E-state index in [4.69, 9.17) is 5.11 Å². The van der Waals surface area contributed by atoms with Gasteiger partial charge < -0.3 is 10.4 Å². The third-order valence-electron chi connectivity index (χ3n) is 3.22. The Morgan fingerprint density at radius 3 is 2.17 bits per heavy atom. The lowest BCUT2D eigenvalue weighted by Gasteiger charge is -2.20. The molecule has 2 unspecified atom stereocenters. The summed E-state index contributed by atoms with van der Waals surface area (Å²) in [5.74, 6) is 0.705. The molecule has 1 aromatic rings. The van der Waals surface area contributed by atoms with Crippen molar-refractivity contribution in [2.45, 2.75) is 52.6 Å². The third kappa shape index (κ3) is 5.19. The summed E-state index contributed by atoms with van der Waals surface area (Å²) in [5, 5.41) is 12.4. The van der Waals surface area contributed by atoms with Gasteiger partial charge in [0.1, 0.15) is 0 Å². The Hall–Kier alpha value is -0.860. The highest BCUT2D eigenvalue weighted by Gasteiger charge is 2.09. The van der Waals surface area contributed by atoms with Gasteiger partial charge in [0.25, 0.3) is 0 Å². The van der Waals surface area contributed by atoms with Crippen LogP contribution in [0.3, 0.4) is 0 Å². The predicted octanol–water partition coefficient (Wildman–Crippen LogP) is 3.31. The van der Waals surface area contributed by atoms with Crippen LogP contribution in [0, 0.1) is 5.92 Å². The highest BCUT2D eigenvalue weighted by atomic mass is 16.3. The molecule has 1 aromatic carbocycles. The lowest BCUT2D eigenvalue weighted by atomic mass is 9.99. The molecule has 18 heavy (non-hydrogen) atoms. The van der Waals surface area contributed by atoms with E-state index in [0.29, 0.717) is 18.0 Å². The molecule has 0 aromatic heterocycles. The van der Waals surface area contributed by atoms with Gasteiger partial charge in [-0.3, -0.25) is 0 Å². The van der Waals surface area contributed by atoms with E-state index in [1.165, 1.54) is 11.1 Å². The Labute approximate surface area is 111 Å². The van der Waals surface area contributed by atoms with E-state index < -0.39 is 0 Å². The van der Waals surface area contributed by atoms with Crippen LogP contribution >= 0.6 is 0 Å². The maximum Gasteiger partial charge on any atom is 0.0445 e. The van der Waals surface area contributed by atoms with E-state index in [2.05, 4.69) is 57.3 Å². The Balaban J connectivity index is 2.55. The summed E-state index contributed by atoms with van der Waals surface area (Å²) >= 11 is 0. The molecule has 102 valence electrons. The molecule has 0 saturated heterocycles. The Kier molecular flexibility index (Phi) is 6.37. The van der Waals surface area contributed by atoms with Gasteiger partial charge in [-0.2, -0.15) is 0 Å². The zero-order valence-electron chi connectivity index (χ0n) is 12.1. The number of benzene rings is 1. The molecule has 2 atom stereocenters. The topological polar surface area (TPSA) is 32.3 Å². The number of nitrogens with one attached hydrogen (secondary N) is 1. The van der Waals surface area contributed by atoms with Crippen LogP contribution in [0.25, 0.3) is 0 Å². The fourth-order valence-electron chi connectivity index (χ4n) is 2.21. The van der Waals surface area contributed by atoms with Crippen LogP contribution in [0.5, 0.6) is 0 Å². The average molecular weight is 249 g/mol. The minimum Gasteiger partial charge on any atom is -0.396 e. The first kappa shape index (κ1) is 15.2. The van der Waals surface area contributed by atoms with Crippen molar-refractivity contribution in [2.75, 3.05) is 6.61 Å². The van der Waals surface area contributed by atoms with E-state index in [1.807, 2.05) is 0 Å². The minimum atomic E-state index is 0.244. The standard InChI is InChI=1S/C16H27NO/c1-12(2)11-15-5-7-16(8-6-15)14(4)17-13(3)9-10-18/h5-8,12-14,17-18H,9-11H2,1-4H3. The maximum atomic E-state index is 8.90. The van der Waals surface area contributed by atoms with Crippen LogP contribution in [0.2, 0.25) is 0 Å². The second kappa shape index (κ2) is 7.55. The fourth-order valence-corrected chi connectivity index (χ4v) is 2.21. The van der Waals surface area contributed by atoms with Gasteiger partial charge in [0.15, 0.2) is 0 Å². The maximum absolute atomic E-state index is 8.90. The van der Waals surface area contributed by atoms with Crippen molar-refractivity contribution in [3.8, 4) is 0 Å². The highest BCUT2D eigenvalue weighted by Crippen LogP contribution is 2.16. The second-order valence-corrected chi connectivity index (χ2v) is 5.64. The van der Waals surface area contributed by atoms with Gasteiger partial charge in [0, 0.05) is 18.7 Å². The number of hydrogen-bond donors (Lipinski definition) is 2. The molecule has 0 aliphatic heterocycles. The predicted molar refractivity (Wildman–Crippen MR) is 77.7 cm³/mol. The number of hydrogen-bond acceptors (Lipinski definition) is 2. The molecule has 2 nitrogen and oxygen atoms in total. The molecule has 0 aliphatic rings. The molecule has 2 heteroatoms. The normalized spacial score (nSPS) is 14.8. The van der Waals surface area contributed by atoms with Gasteiger partial charge in [-0.25, -0.2) is 0 Å². The van der Waals surface area contributed by atoms with Gasteiger partial charge in [-0.1, -0.05) is 38.1 Å². The summed E-state index contributed by atoms with van der Waals surface area (Å²) in [4.78, 5) is 0. The minimum absolute atomic E-state index is 0.244. The Morgan fingerprint density at radius 2 is 1.67 bits per heavy atom. The van der Waals surface area contributed by atoms with Gasteiger partial charge in [0.2, 0.25) is 0 Å². The van der Waals surface area contributed by atoms with Gasteiger partial charge in [0.05, 0.1) is 0 Å². The molecule has 0 aliphatic carbocycles. The summed E-state index contributed by atoms with van der Waals surface area (Å²) in [5.41, 5.74) is 2.72. The molecule has 2 N–H and O–H groups in total. The molecule has 0 saturated carbocycles. The first-order valence-electron chi connectivity index (χ1n) is 6.98. The van der Waals surface area contributed by atoms with Gasteiger partial charge in [-0.15, -0.1) is 0 Å². The van der Waals surface area contributed by atoms with Crippen LogP contribution in [0.4, 0.5) is 0 Å². The van der Waals surface area contributed by atoms with Gasteiger partial charge >= 0.3 is 0 Å². The van der Waals surface area contributed by atoms with E-state index >= 15 is 0 Å². The summed E-state index contributed by atoms with van der Waals surface area (Å²) in [6.45, 7) is 9.02. The molecule has 0 spiro atoms. The van der Waals surface area contributed by atoms with E-state index in [-0.39, 0.29) is 6.61 Å². The van der Waals surface area contributed by atoms with Crippen molar-refractivity contribution >= 4 is 0 Å². The molecule has 0 radical (unpaired) electrons. The fraction of sp³-hybridized carbons (Fsp3) is 0.625. The SMILES string of the molecule is CC(C)Cc1ccc(C(C)NC(C)CCO)cc1. The van der Waals surface area contributed by atoms with E-state index in [1.54, 1.807) is 0 Å². The van der Waals surface area contributed by atoms with Crippen LogP contribution < -0.4 is 5.32 Å². The van der Waals surface area contributed by atoms with Crippen molar-refractivity contribution in [2.24, 2.45) is 5.92 Å². The van der Waals surface area contributed by atoms with E-state index in [9.17, 15) is 0 Å². The summed E-state index contributed by atoms with van der Waals surface area (Å²) in [7, 11) is 0. The van der Waals surface area contributed by atoms with Crippen molar-refractivity contribution < 1.29 is 5.11 Å². The highest BCUT2D eigenvalue weighted by molar-refractivity contribution is 5.25. The molecule has 0 heterocycles. The van der Waals surface area contributed by atoms with Gasteiger partial charge in [-0.05, 0) is 43.7 Å². The second-order valence-electron chi connectivity index (χ2n) is 5.64. The quantitative estimate of drug-likeness (QED) is 0.777. The van der Waals surface area contributed by atoms with Crippen LogP contribution in [0.1, 0.15) is 51.3 Å². The molecule has 0 amide bonds. The smallest absolute Gasteiger partial charge is 0.0445 e. The summed E-state index contributed by atoms with van der Waals surface area (Å²) in [6.07, 6.45) is 1.94. The first-order valence-corrected chi connectivity index (χ1v) is 6.98. The molecular formula is C16H27NO. The largest absolute Gasteiger partial charge is 0.396 e. The van der Waals surface area contributed by atoms with Crippen LogP contribution in [-0.4, -0.2) is 17.8 Å².